The number of hydrogen-bond acceptors (Lipinski definition) is 4. The molecule has 1 unspecified atom stereocenters. The SMILES string of the molecule is CC(C#N)(NC(=O)CNc1ccc(C#N)c(C(F)(F)F)c1)C1CC1. The van der Waals surface area contributed by atoms with Gasteiger partial charge in [-0.2, -0.15) is 23.7 Å². The van der Waals surface area contributed by atoms with Gasteiger partial charge >= 0.3 is 6.18 Å². The fourth-order valence-corrected chi connectivity index (χ4v) is 2.38. The molecule has 0 radical (unpaired) electrons. The van der Waals surface area contributed by atoms with Gasteiger partial charge in [0.25, 0.3) is 0 Å². The lowest BCUT2D eigenvalue weighted by Gasteiger charge is -2.23. The number of nitriles is 2. The van der Waals surface area contributed by atoms with Gasteiger partial charge < -0.3 is 10.6 Å². The van der Waals surface area contributed by atoms with Gasteiger partial charge in [0.15, 0.2) is 0 Å². The van der Waals surface area contributed by atoms with Crippen LogP contribution in [-0.2, 0) is 11.0 Å². The highest BCUT2D eigenvalue weighted by Crippen LogP contribution is 2.39. The van der Waals surface area contributed by atoms with Crippen molar-refractivity contribution < 1.29 is 18.0 Å². The van der Waals surface area contributed by atoms with E-state index in [0.717, 1.165) is 25.0 Å². The lowest BCUT2D eigenvalue weighted by Crippen LogP contribution is -2.48. The quantitative estimate of drug-likeness (QED) is 0.865. The third-order valence-corrected chi connectivity index (χ3v) is 3.92. The summed E-state index contributed by atoms with van der Waals surface area (Å²) in [5.41, 5.74) is -2.43. The van der Waals surface area contributed by atoms with Crippen molar-refractivity contribution in [3.05, 3.63) is 29.3 Å². The van der Waals surface area contributed by atoms with E-state index in [2.05, 4.69) is 16.7 Å². The van der Waals surface area contributed by atoms with Crippen LogP contribution in [0.1, 0.15) is 30.9 Å². The molecule has 1 aliphatic rings. The maximum Gasteiger partial charge on any atom is 0.417 e. The molecular formula is C16H15F3N4O. The maximum atomic E-state index is 12.9. The molecule has 0 aliphatic heterocycles. The average Bonchev–Trinajstić information content (AvgIpc) is 3.37. The summed E-state index contributed by atoms with van der Waals surface area (Å²) in [4.78, 5) is 11.9. The summed E-state index contributed by atoms with van der Waals surface area (Å²) in [6, 6.07) is 6.69. The zero-order valence-corrected chi connectivity index (χ0v) is 12.9. The molecule has 2 N–H and O–H groups in total. The van der Waals surface area contributed by atoms with Crippen molar-refractivity contribution in [1.29, 1.82) is 10.5 Å². The average molecular weight is 336 g/mol. The number of rotatable bonds is 5. The first-order valence-electron chi connectivity index (χ1n) is 7.27. The molecule has 1 amide bonds. The lowest BCUT2D eigenvalue weighted by molar-refractivity contribution is -0.137. The van der Waals surface area contributed by atoms with Crippen LogP contribution in [0.3, 0.4) is 0 Å². The topological polar surface area (TPSA) is 88.7 Å². The number of nitrogens with one attached hydrogen (secondary N) is 2. The Bertz CT molecular complexity index is 728. The molecule has 0 saturated heterocycles. The van der Waals surface area contributed by atoms with Gasteiger partial charge in [0.2, 0.25) is 5.91 Å². The zero-order chi connectivity index (χ0) is 18.0. The Kier molecular flexibility index (Phi) is 4.70. The number of benzene rings is 1. The largest absolute Gasteiger partial charge is 0.417 e. The fourth-order valence-electron chi connectivity index (χ4n) is 2.38. The second kappa shape index (κ2) is 6.40. The van der Waals surface area contributed by atoms with Crippen molar-refractivity contribution in [2.24, 2.45) is 5.92 Å². The number of carbonyl (C=O) groups is 1. The van der Waals surface area contributed by atoms with Crippen LogP contribution in [0.2, 0.25) is 0 Å². The van der Waals surface area contributed by atoms with Gasteiger partial charge in [-0.1, -0.05) is 0 Å². The molecular weight excluding hydrogens is 321 g/mol. The van der Waals surface area contributed by atoms with Gasteiger partial charge in [0.05, 0.1) is 29.8 Å². The summed E-state index contributed by atoms with van der Waals surface area (Å²) in [6.07, 6.45) is -2.93. The molecule has 1 aromatic carbocycles. The van der Waals surface area contributed by atoms with Crippen molar-refractivity contribution in [3.63, 3.8) is 0 Å². The van der Waals surface area contributed by atoms with E-state index in [4.69, 9.17) is 5.26 Å². The normalized spacial score (nSPS) is 16.4. The number of hydrogen-bond donors (Lipinski definition) is 2. The van der Waals surface area contributed by atoms with E-state index in [-0.39, 0.29) is 18.2 Å². The second-order valence-corrected chi connectivity index (χ2v) is 5.86. The molecule has 1 aromatic rings. The maximum absolute atomic E-state index is 12.9. The van der Waals surface area contributed by atoms with Gasteiger partial charge in [-0.15, -0.1) is 0 Å². The highest BCUT2D eigenvalue weighted by Gasteiger charge is 2.43. The van der Waals surface area contributed by atoms with Crippen LogP contribution in [0.4, 0.5) is 18.9 Å². The van der Waals surface area contributed by atoms with Crippen molar-refractivity contribution in [3.8, 4) is 12.1 Å². The molecule has 1 atom stereocenters. The predicted molar refractivity (Wildman–Crippen MR) is 79.5 cm³/mol. The van der Waals surface area contributed by atoms with Crippen LogP contribution >= 0.6 is 0 Å². The minimum Gasteiger partial charge on any atom is -0.376 e. The van der Waals surface area contributed by atoms with Crippen LogP contribution < -0.4 is 10.6 Å². The first kappa shape index (κ1) is 17.6. The van der Waals surface area contributed by atoms with E-state index >= 15 is 0 Å². The first-order chi connectivity index (χ1) is 11.2. The third-order valence-electron chi connectivity index (χ3n) is 3.92. The summed E-state index contributed by atoms with van der Waals surface area (Å²) < 4.78 is 38.7. The molecule has 1 fully saturated rings. The van der Waals surface area contributed by atoms with E-state index in [9.17, 15) is 23.2 Å². The molecule has 0 bridgehead atoms. The summed E-state index contributed by atoms with van der Waals surface area (Å²) in [5.74, 6) is -0.373. The number of amides is 1. The third kappa shape index (κ3) is 3.96. The van der Waals surface area contributed by atoms with Gasteiger partial charge in [-0.25, -0.2) is 0 Å². The van der Waals surface area contributed by atoms with Crippen LogP contribution in [-0.4, -0.2) is 18.0 Å². The molecule has 126 valence electrons. The van der Waals surface area contributed by atoms with Crippen LogP contribution in [0.5, 0.6) is 0 Å². The number of nitrogens with zero attached hydrogens (tertiary/aromatic N) is 2. The minimum atomic E-state index is -4.66. The lowest BCUT2D eigenvalue weighted by atomic mass is 9.98. The highest BCUT2D eigenvalue weighted by molar-refractivity contribution is 5.82. The Morgan fingerprint density at radius 3 is 2.50 bits per heavy atom. The van der Waals surface area contributed by atoms with E-state index < -0.39 is 28.7 Å². The summed E-state index contributed by atoms with van der Waals surface area (Å²) in [6.45, 7) is 1.36. The smallest absolute Gasteiger partial charge is 0.376 e. The Morgan fingerprint density at radius 2 is 2.00 bits per heavy atom. The standard InChI is InChI=1S/C16H15F3N4O/c1-15(9-21,11-3-4-11)23-14(24)8-22-12-5-2-10(7-20)13(6-12)16(17,18)19/h2,5-6,11,22H,3-4,8H2,1H3,(H,23,24). The van der Waals surface area contributed by atoms with Gasteiger partial charge in [0.1, 0.15) is 5.54 Å². The predicted octanol–water partition coefficient (Wildman–Crippen LogP) is 2.80. The van der Waals surface area contributed by atoms with Gasteiger partial charge in [0, 0.05) is 5.69 Å². The van der Waals surface area contributed by atoms with Crippen molar-refractivity contribution in [2.75, 3.05) is 11.9 Å². The van der Waals surface area contributed by atoms with E-state index in [1.165, 1.54) is 12.1 Å². The van der Waals surface area contributed by atoms with Gasteiger partial charge in [-0.3, -0.25) is 4.79 Å². The van der Waals surface area contributed by atoms with Crippen LogP contribution in [0.15, 0.2) is 18.2 Å². The monoisotopic (exact) mass is 336 g/mol. The molecule has 5 nitrogen and oxygen atoms in total. The van der Waals surface area contributed by atoms with E-state index in [0.29, 0.717) is 0 Å². The Balaban J connectivity index is 2.03. The Morgan fingerprint density at radius 1 is 1.33 bits per heavy atom. The first-order valence-corrected chi connectivity index (χ1v) is 7.27. The molecule has 0 spiro atoms. The van der Waals surface area contributed by atoms with Crippen LogP contribution in [0, 0.1) is 28.6 Å². The molecule has 2 rings (SSSR count). The Hall–Kier alpha value is -2.74. The van der Waals surface area contributed by atoms with E-state index in [1.54, 1.807) is 6.92 Å². The summed E-state index contributed by atoms with van der Waals surface area (Å²) >= 11 is 0. The van der Waals surface area contributed by atoms with Crippen molar-refractivity contribution in [1.82, 2.24) is 5.32 Å². The van der Waals surface area contributed by atoms with Crippen molar-refractivity contribution in [2.45, 2.75) is 31.5 Å². The summed E-state index contributed by atoms with van der Waals surface area (Å²) in [5, 5.41) is 23.1. The molecule has 0 heterocycles. The second-order valence-electron chi connectivity index (χ2n) is 5.86. The number of alkyl halides is 3. The van der Waals surface area contributed by atoms with Gasteiger partial charge in [-0.05, 0) is 43.9 Å². The summed E-state index contributed by atoms with van der Waals surface area (Å²) in [7, 11) is 0. The molecule has 24 heavy (non-hydrogen) atoms. The minimum absolute atomic E-state index is 0.0709. The molecule has 0 aromatic heterocycles. The van der Waals surface area contributed by atoms with Crippen LogP contribution in [0.25, 0.3) is 0 Å². The van der Waals surface area contributed by atoms with E-state index in [1.807, 2.05) is 0 Å². The molecule has 1 aliphatic carbocycles. The highest BCUT2D eigenvalue weighted by atomic mass is 19.4. The van der Waals surface area contributed by atoms with Crippen molar-refractivity contribution >= 4 is 11.6 Å². The zero-order valence-electron chi connectivity index (χ0n) is 12.9. The number of carbonyl (C=O) groups excluding carboxylic acids is 1. The molecule has 8 heteroatoms. The molecule has 1 saturated carbocycles. The Labute approximate surface area is 137 Å². The number of anilines is 1. The number of halogens is 3. The fraction of sp³-hybridized carbons (Fsp3) is 0.438.